The van der Waals surface area contributed by atoms with Gasteiger partial charge in [0, 0.05) is 25.8 Å². The molecule has 1 heterocycles. The Hall–Kier alpha value is -0.820. The lowest BCUT2D eigenvalue weighted by Crippen LogP contribution is -2.34. The molecule has 5 nitrogen and oxygen atoms in total. The molecule has 0 spiro atoms. The van der Waals surface area contributed by atoms with E-state index in [-0.39, 0.29) is 16.9 Å². The number of nitrogens with zero attached hydrogens (tertiary/aromatic N) is 1. The van der Waals surface area contributed by atoms with Gasteiger partial charge in [0.15, 0.2) is 0 Å². The maximum atomic E-state index is 12.6. The molecule has 1 atom stereocenters. The van der Waals surface area contributed by atoms with E-state index in [9.17, 15) is 8.42 Å². The summed E-state index contributed by atoms with van der Waals surface area (Å²) in [5.41, 5.74) is 0.658. The van der Waals surface area contributed by atoms with Crippen LogP contribution in [0.25, 0.3) is 0 Å². The Morgan fingerprint density at radius 1 is 1.48 bits per heavy atom. The van der Waals surface area contributed by atoms with E-state index in [1.807, 2.05) is 0 Å². The molecular weight excluding hydrogens is 314 g/mol. The predicted molar refractivity (Wildman–Crippen MR) is 81.3 cm³/mol. The lowest BCUT2D eigenvalue weighted by molar-refractivity contribution is 0.0979. The van der Waals surface area contributed by atoms with Gasteiger partial charge < -0.3 is 9.47 Å². The van der Waals surface area contributed by atoms with Crippen LogP contribution in [0.3, 0.4) is 0 Å². The first-order valence-corrected chi connectivity index (χ1v) is 8.77. The molecule has 0 bridgehead atoms. The van der Waals surface area contributed by atoms with Gasteiger partial charge in [-0.1, -0.05) is 0 Å². The van der Waals surface area contributed by atoms with Gasteiger partial charge in [0.2, 0.25) is 10.0 Å². The number of halogens is 1. The molecule has 0 radical (unpaired) electrons. The third kappa shape index (κ3) is 3.69. The van der Waals surface area contributed by atoms with Crippen molar-refractivity contribution in [2.45, 2.75) is 29.7 Å². The van der Waals surface area contributed by atoms with E-state index in [1.54, 1.807) is 19.2 Å². The first kappa shape index (κ1) is 16.5. The molecule has 1 aromatic rings. The highest BCUT2D eigenvalue weighted by Crippen LogP contribution is 2.26. The topological polar surface area (TPSA) is 55.8 Å². The summed E-state index contributed by atoms with van der Waals surface area (Å²) in [6.07, 6.45) is 1.86. The van der Waals surface area contributed by atoms with E-state index in [0.717, 1.165) is 12.8 Å². The van der Waals surface area contributed by atoms with E-state index in [1.165, 1.54) is 17.5 Å². The minimum absolute atomic E-state index is 0.0180. The Labute approximate surface area is 130 Å². The summed E-state index contributed by atoms with van der Waals surface area (Å²) >= 11 is 5.84. The normalized spacial score (nSPS) is 19.1. The van der Waals surface area contributed by atoms with Crippen molar-refractivity contribution in [2.75, 3.05) is 27.3 Å². The molecule has 21 heavy (non-hydrogen) atoms. The zero-order chi connectivity index (χ0) is 15.5. The summed E-state index contributed by atoms with van der Waals surface area (Å²) in [6, 6.07) is 4.73. The van der Waals surface area contributed by atoms with E-state index >= 15 is 0 Å². The Kier molecular flexibility index (Phi) is 5.48. The van der Waals surface area contributed by atoms with E-state index in [4.69, 9.17) is 21.1 Å². The average molecular weight is 334 g/mol. The minimum atomic E-state index is -3.54. The monoisotopic (exact) mass is 333 g/mol. The summed E-state index contributed by atoms with van der Waals surface area (Å²) in [7, 11) is -0.443. The maximum absolute atomic E-state index is 12.6. The lowest BCUT2D eigenvalue weighted by atomic mass is 10.2. The van der Waals surface area contributed by atoms with Crippen LogP contribution in [0, 0.1) is 0 Å². The predicted octanol–water partition coefficient (Wildman–Crippen LogP) is 2.23. The van der Waals surface area contributed by atoms with Crippen molar-refractivity contribution in [1.29, 1.82) is 0 Å². The minimum Gasteiger partial charge on any atom is -0.496 e. The summed E-state index contributed by atoms with van der Waals surface area (Å²) < 4.78 is 37.1. The van der Waals surface area contributed by atoms with Crippen LogP contribution in [0.15, 0.2) is 23.1 Å². The van der Waals surface area contributed by atoms with E-state index in [2.05, 4.69) is 0 Å². The van der Waals surface area contributed by atoms with Crippen LogP contribution in [0.4, 0.5) is 0 Å². The van der Waals surface area contributed by atoms with Gasteiger partial charge in [-0.25, -0.2) is 8.42 Å². The highest BCUT2D eigenvalue weighted by Gasteiger charge is 2.26. The zero-order valence-corrected chi connectivity index (χ0v) is 13.8. The van der Waals surface area contributed by atoms with Gasteiger partial charge in [0.25, 0.3) is 0 Å². The van der Waals surface area contributed by atoms with E-state index in [0.29, 0.717) is 24.5 Å². The van der Waals surface area contributed by atoms with Gasteiger partial charge in [-0.05, 0) is 31.0 Å². The fourth-order valence-corrected chi connectivity index (χ4v) is 3.84. The number of ether oxygens (including phenoxy) is 2. The third-order valence-electron chi connectivity index (χ3n) is 3.59. The second-order valence-electron chi connectivity index (χ2n) is 5.03. The molecule has 1 aromatic carbocycles. The standard InChI is InChI=1S/C14H20ClNO4S/c1-16(10-12-4-3-7-20-12)21(17,18)13-5-6-14(19-2)11(8-13)9-15/h5-6,8,12H,3-4,7,9-10H2,1-2H3. The fraction of sp³-hybridized carbons (Fsp3) is 0.571. The van der Waals surface area contributed by atoms with Gasteiger partial charge in [0.1, 0.15) is 5.75 Å². The van der Waals surface area contributed by atoms with Crippen molar-refractivity contribution in [1.82, 2.24) is 4.31 Å². The highest BCUT2D eigenvalue weighted by atomic mass is 35.5. The Morgan fingerprint density at radius 3 is 2.81 bits per heavy atom. The molecule has 1 aliphatic rings. The molecule has 1 unspecified atom stereocenters. The molecular formula is C14H20ClNO4S. The number of hydrogen-bond donors (Lipinski definition) is 0. The molecule has 7 heteroatoms. The van der Waals surface area contributed by atoms with Gasteiger partial charge >= 0.3 is 0 Å². The van der Waals surface area contributed by atoms with Crippen molar-refractivity contribution >= 4 is 21.6 Å². The number of alkyl halides is 1. The number of methoxy groups -OCH3 is 1. The van der Waals surface area contributed by atoms with Gasteiger partial charge in [-0.15, -0.1) is 11.6 Å². The first-order chi connectivity index (χ1) is 9.98. The van der Waals surface area contributed by atoms with Crippen LogP contribution in [0.2, 0.25) is 0 Å². The molecule has 2 rings (SSSR count). The number of sulfonamides is 1. The highest BCUT2D eigenvalue weighted by molar-refractivity contribution is 7.89. The van der Waals surface area contributed by atoms with Crippen molar-refractivity contribution in [3.8, 4) is 5.75 Å². The largest absolute Gasteiger partial charge is 0.496 e. The van der Waals surface area contributed by atoms with Crippen LogP contribution in [0.1, 0.15) is 18.4 Å². The molecule has 118 valence electrons. The number of hydrogen-bond acceptors (Lipinski definition) is 4. The molecule has 1 aliphatic heterocycles. The number of rotatable bonds is 6. The fourth-order valence-electron chi connectivity index (χ4n) is 2.37. The van der Waals surface area contributed by atoms with Crippen LogP contribution < -0.4 is 4.74 Å². The maximum Gasteiger partial charge on any atom is 0.242 e. The first-order valence-electron chi connectivity index (χ1n) is 6.80. The van der Waals surface area contributed by atoms with Crippen molar-refractivity contribution < 1.29 is 17.9 Å². The quantitative estimate of drug-likeness (QED) is 0.749. The van der Waals surface area contributed by atoms with Crippen molar-refractivity contribution in [3.05, 3.63) is 23.8 Å². The van der Waals surface area contributed by atoms with Crippen molar-refractivity contribution in [2.24, 2.45) is 0 Å². The average Bonchev–Trinajstić information content (AvgIpc) is 2.99. The summed E-state index contributed by atoms with van der Waals surface area (Å²) in [6.45, 7) is 1.07. The van der Waals surface area contributed by atoms with E-state index < -0.39 is 10.0 Å². The molecule has 0 N–H and O–H groups in total. The Bertz CT molecular complexity index is 585. The molecule has 0 aliphatic carbocycles. The van der Waals surface area contributed by atoms with Crippen LogP contribution >= 0.6 is 11.6 Å². The third-order valence-corrected chi connectivity index (χ3v) is 5.70. The lowest BCUT2D eigenvalue weighted by Gasteiger charge is -2.21. The second-order valence-corrected chi connectivity index (χ2v) is 7.34. The van der Waals surface area contributed by atoms with Crippen molar-refractivity contribution in [3.63, 3.8) is 0 Å². The molecule has 0 saturated carbocycles. The summed E-state index contributed by atoms with van der Waals surface area (Å²) in [5, 5.41) is 0. The molecule has 0 aromatic heterocycles. The number of benzene rings is 1. The van der Waals surface area contributed by atoms with Crippen LogP contribution in [0.5, 0.6) is 5.75 Å². The molecule has 1 saturated heterocycles. The smallest absolute Gasteiger partial charge is 0.242 e. The SMILES string of the molecule is COc1ccc(S(=O)(=O)N(C)CC2CCCO2)cc1CCl. The van der Waals surface area contributed by atoms with Crippen LogP contribution in [-0.2, 0) is 20.6 Å². The molecule has 1 fully saturated rings. The Balaban J connectivity index is 2.21. The Morgan fingerprint density at radius 2 is 2.24 bits per heavy atom. The zero-order valence-electron chi connectivity index (χ0n) is 12.2. The second kappa shape index (κ2) is 6.96. The number of likely N-dealkylation sites (N-methyl/N-ethyl adjacent to an activating group) is 1. The van der Waals surface area contributed by atoms with Gasteiger partial charge in [-0.3, -0.25) is 0 Å². The van der Waals surface area contributed by atoms with Gasteiger partial charge in [-0.2, -0.15) is 4.31 Å². The van der Waals surface area contributed by atoms with Crippen LogP contribution in [-0.4, -0.2) is 46.1 Å². The van der Waals surface area contributed by atoms with Gasteiger partial charge in [0.05, 0.1) is 24.0 Å². The summed E-state index contributed by atoms with van der Waals surface area (Å²) in [4.78, 5) is 0.222. The molecule has 0 amide bonds. The summed E-state index contributed by atoms with van der Waals surface area (Å²) in [5.74, 6) is 0.785.